The molecule has 0 saturated carbocycles. The summed E-state index contributed by atoms with van der Waals surface area (Å²) in [6.45, 7) is 11.1. The van der Waals surface area contributed by atoms with Gasteiger partial charge in [0.25, 0.3) is 0 Å². The van der Waals surface area contributed by atoms with Crippen molar-refractivity contribution < 1.29 is 9.53 Å². The molecular weight excluding hydrogens is 348 g/mol. The SMILES string of the molecule is C=CCn1c(SC(C)C(=O)NCC(C)C)nnc1-c1ccc(OC)cc1. The Kier molecular flexibility index (Phi) is 7.26. The summed E-state index contributed by atoms with van der Waals surface area (Å²) >= 11 is 1.40. The van der Waals surface area contributed by atoms with Crippen LogP contribution in [-0.4, -0.2) is 39.6 Å². The number of allylic oxidation sites excluding steroid dienone is 1. The Balaban J connectivity index is 2.19. The maximum Gasteiger partial charge on any atom is 0.233 e. The Hall–Kier alpha value is -2.28. The van der Waals surface area contributed by atoms with Crippen LogP contribution in [-0.2, 0) is 11.3 Å². The summed E-state index contributed by atoms with van der Waals surface area (Å²) in [4.78, 5) is 12.2. The molecule has 26 heavy (non-hydrogen) atoms. The Morgan fingerprint density at radius 3 is 2.58 bits per heavy atom. The van der Waals surface area contributed by atoms with Gasteiger partial charge in [-0.05, 0) is 37.1 Å². The lowest BCUT2D eigenvalue weighted by Gasteiger charge is -2.14. The molecule has 0 aliphatic rings. The highest BCUT2D eigenvalue weighted by molar-refractivity contribution is 8.00. The highest BCUT2D eigenvalue weighted by Crippen LogP contribution is 2.28. The van der Waals surface area contributed by atoms with Gasteiger partial charge in [-0.25, -0.2) is 0 Å². The number of thioether (sulfide) groups is 1. The molecule has 0 radical (unpaired) electrons. The average Bonchev–Trinajstić information content (AvgIpc) is 3.02. The van der Waals surface area contributed by atoms with E-state index in [2.05, 4.69) is 35.9 Å². The van der Waals surface area contributed by atoms with Crippen LogP contribution in [0.4, 0.5) is 0 Å². The normalized spacial score (nSPS) is 12.0. The molecule has 2 rings (SSSR count). The molecule has 0 aliphatic heterocycles. The smallest absolute Gasteiger partial charge is 0.233 e. The van der Waals surface area contributed by atoms with Gasteiger partial charge in [-0.1, -0.05) is 31.7 Å². The summed E-state index contributed by atoms with van der Waals surface area (Å²) in [5.41, 5.74) is 0.934. The number of hydrogen-bond donors (Lipinski definition) is 1. The van der Waals surface area contributed by atoms with Crippen molar-refractivity contribution in [3.05, 3.63) is 36.9 Å². The molecule has 0 saturated heterocycles. The van der Waals surface area contributed by atoms with Crippen molar-refractivity contribution in [2.75, 3.05) is 13.7 Å². The summed E-state index contributed by atoms with van der Waals surface area (Å²) < 4.78 is 7.16. The quantitative estimate of drug-likeness (QED) is 0.538. The molecular formula is C19H26N4O2S. The van der Waals surface area contributed by atoms with Crippen LogP contribution in [0.15, 0.2) is 42.1 Å². The zero-order valence-electron chi connectivity index (χ0n) is 15.7. The average molecular weight is 375 g/mol. The molecule has 1 aromatic heterocycles. The summed E-state index contributed by atoms with van der Waals surface area (Å²) in [6, 6.07) is 7.65. The number of ether oxygens (including phenoxy) is 1. The minimum absolute atomic E-state index is 0.00264. The predicted molar refractivity (Wildman–Crippen MR) is 105 cm³/mol. The molecule has 0 aliphatic carbocycles. The zero-order valence-corrected chi connectivity index (χ0v) is 16.5. The predicted octanol–water partition coefficient (Wildman–Crippen LogP) is 3.39. The van der Waals surface area contributed by atoms with E-state index in [9.17, 15) is 4.79 Å². The topological polar surface area (TPSA) is 69.0 Å². The molecule has 0 spiro atoms. The van der Waals surface area contributed by atoms with Crippen molar-refractivity contribution in [3.8, 4) is 17.1 Å². The molecule has 2 aromatic rings. The van der Waals surface area contributed by atoms with Crippen molar-refractivity contribution in [1.29, 1.82) is 0 Å². The fraction of sp³-hybridized carbons (Fsp3) is 0.421. The molecule has 1 atom stereocenters. The van der Waals surface area contributed by atoms with Crippen LogP contribution in [0.3, 0.4) is 0 Å². The first-order valence-corrected chi connectivity index (χ1v) is 9.47. The van der Waals surface area contributed by atoms with E-state index >= 15 is 0 Å². The van der Waals surface area contributed by atoms with Crippen LogP contribution >= 0.6 is 11.8 Å². The van der Waals surface area contributed by atoms with Gasteiger partial charge in [0.15, 0.2) is 11.0 Å². The van der Waals surface area contributed by atoms with Crippen molar-refractivity contribution in [3.63, 3.8) is 0 Å². The van der Waals surface area contributed by atoms with E-state index in [1.54, 1.807) is 13.2 Å². The van der Waals surface area contributed by atoms with E-state index in [0.717, 1.165) is 17.1 Å². The summed E-state index contributed by atoms with van der Waals surface area (Å²) in [6.07, 6.45) is 1.80. The fourth-order valence-electron chi connectivity index (χ4n) is 2.28. The van der Waals surface area contributed by atoms with Gasteiger partial charge >= 0.3 is 0 Å². The maximum absolute atomic E-state index is 12.2. The number of aromatic nitrogens is 3. The van der Waals surface area contributed by atoms with Crippen LogP contribution in [0, 0.1) is 5.92 Å². The van der Waals surface area contributed by atoms with Gasteiger partial charge in [-0.2, -0.15) is 0 Å². The first-order valence-electron chi connectivity index (χ1n) is 8.59. The third-order valence-electron chi connectivity index (χ3n) is 3.71. The number of nitrogens with zero attached hydrogens (tertiary/aromatic N) is 3. The maximum atomic E-state index is 12.2. The Morgan fingerprint density at radius 2 is 2.00 bits per heavy atom. The first kappa shape index (κ1) is 20.0. The van der Waals surface area contributed by atoms with E-state index in [-0.39, 0.29) is 11.2 Å². The van der Waals surface area contributed by atoms with Gasteiger partial charge in [0.1, 0.15) is 5.75 Å². The van der Waals surface area contributed by atoms with Crippen LogP contribution in [0.25, 0.3) is 11.4 Å². The number of carbonyl (C=O) groups is 1. The molecule has 0 bridgehead atoms. The van der Waals surface area contributed by atoms with Gasteiger partial charge in [0.05, 0.1) is 12.4 Å². The van der Waals surface area contributed by atoms with Gasteiger partial charge in [-0.3, -0.25) is 9.36 Å². The summed E-state index contributed by atoms with van der Waals surface area (Å²) in [5.74, 6) is 1.95. The molecule has 7 heteroatoms. The van der Waals surface area contributed by atoms with Gasteiger partial charge in [0.2, 0.25) is 5.91 Å². The number of rotatable bonds is 9. The van der Waals surface area contributed by atoms with Crippen molar-refractivity contribution in [1.82, 2.24) is 20.1 Å². The second-order valence-electron chi connectivity index (χ2n) is 6.33. The number of methoxy groups -OCH3 is 1. The van der Waals surface area contributed by atoms with Crippen molar-refractivity contribution in [2.45, 2.75) is 37.7 Å². The lowest BCUT2D eigenvalue weighted by atomic mass is 10.2. The van der Waals surface area contributed by atoms with Gasteiger partial charge in [-0.15, -0.1) is 16.8 Å². The Bertz CT molecular complexity index is 740. The third kappa shape index (κ3) is 5.11. The molecule has 1 aromatic carbocycles. The first-order chi connectivity index (χ1) is 12.5. The zero-order chi connectivity index (χ0) is 19.1. The monoisotopic (exact) mass is 374 g/mol. The molecule has 0 fully saturated rings. The number of carbonyl (C=O) groups excluding carboxylic acids is 1. The standard InChI is InChI=1S/C19H26N4O2S/c1-6-11-23-17(15-7-9-16(25-5)10-8-15)21-22-19(23)26-14(4)18(24)20-12-13(2)3/h6-10,13-14H,1,11-12H2,2-5H3,(H,20,24). The fourth-order valence-corrected chi connectivity index (χ4v) is 3.17. The minimum atomic E-state index is -0.259. The van der Waals surface area contributed by atoms with Gasteiger partial charge in [0, 0.05) is 18.7 Å². The van der Waals surface area contributed by atoms with E-state index in [1.165, 1.54) is 11.8 Å². The second-order valence-corrected chi connectivity index (χ2v) is 7.64. The van der Waals surface area contributed by atoms with E-state index < -0.39 is 0 Å². The third-order valence-corrected chi connectivity index (χ3v) is 4.79. The van der Waals surface area contributed by atoms with Crippen LogP contribution in [0.1, 0.15) is 20.8 Å². The largest absolute Gasteiger partial charge is 0.497 e. The molecule has 6 nitrogen and oxygen atoms in total. The van der Waals surface area contributed by atoms with Crippen molar-refractivity contribution in [2.24, 2.45) is 5.92 Å². The Morgan fingerprint density at radius 1 is 1.31 bits per heavy atom. The van der Waals surface area contributed by atoms with E-state index in [4.69, 9.17) is 4.74 Å². The van der Waals surface area contributed by atoms with Crippen molar-refractivity contribution >= 4 is 17.7 Å². The number of amides is 1. The molecule has 140 valence electrons. The lowest BCUT2D eigenvalue weighted by Crippen LogP contribution is -2.33. The Labute approximate surface area is 159 Å². The summed E-state index contributed by atoms with van der Waals surface area (Å²) in [5, 5.41) is 12.0. The highest BCUT2D eigenvalue weighted by Gasteiger charge is 2.20. The van der Waals surface area contributed by atoms with E-state index in [0.29, 0.717) is 24.2 Å². The van der Waals surface area contributed by atoms with E-state index in [1.807, 2.05) is 35.8 Å². The molecule has 1 N–H and O–H groups in total. The second kappa shape index (κ2) is 9.43. The molecule has 1 unspecified atom stereocenters. The van der Waals surface area contributed by atoms with Crippen LogP contribution in [0.5, 0.6) is 5.75 Å². The molecule has 1 heterocycles. The highest BCUT2D eigenvalue weighted by atomic mass is 32.2. The number of nitrogens with one attached hydrogen (secondary N) is 1. The van der Waals surface area contributed by atoms with Crippen LogP contribution < -0.4 is 10.1 Å². The minimum Gasteiger partial charge on any atom is -0.497 e. The number of benzene rings is 1. The summed E-state index contributed by atoms with van der Waals surface area (Å²) in [7, 11) is 1.63. The molecule has 1 amide bonds. The van der Waals surface area contributed by atoms with Gasteiger partial charge < -0.3 is 10.1 Å². The number of hydrogen-bond acceptors (Lipinski definition) is 5. The lowest BCUT2D eigenvalue weighted by molar-refractivity contribution is -0.120. The van der Waals surface area contributed by atoms with Crippen LogP contribution in [0.2, 0.25) is 0 Å².